The van der Waals surface area contributed by atoms with Gasteiger partial charge in [0.05, 0.1) is 17.7 Å². The van der Waals surface area contributed by atoms with Crippen LogP contribution in [0.15, 0.2) is 71.6 Å². The van der Waals surface area contributed by atoms with Gasteiger partial charge in [0.1, 0.15) is 37.4 Å². The van der Waals surface area contributed by atoms with Gasteiger partial charge in [0.15, 0.2) is 11.5 Å². The van der Waals surface area contributed by atoms with Crippen molar-refractivity contribution < 1.29 is 36.6 Å². The third kappa shape index (κ3) is 7.11. The Morgan fingerprint density at radius 1 is 0.952 bits per heavy atom. The number of nitrogens with one attached hydrogen (secondary N) is 1. The first-order valence-corrected chi connectivity index (χ1v) is 14.8. The fourth-order valence-corrected chi connectivity index (χ4v) is 5.79. The van der Waals surface area contributed by atoms with Crippen LogP contribution in [-0.2, 0) is 26.2 Å². The molecule has 0 saturated carbocycles. The van der Waals surface area contributed by atoms with E-state index >= 15 is 0 Å². The molecule has 4 rings (SSSR count). The van der Waals surface area contributed by atoms with Crippen LogP contribution in [0.5, 0.6) is 17.2 Å². The molecule has 1 atom stereocenters. The number of benzene rings is 3. The summed E-state index contributed by atoms with van der Waals surface area (Å²) in [4.78, 5) is 28.1. The number of carbonyl (C=O) groups excluding carboxylic acids is 2. The molecule has 2 amide bonds. The number of hydrogen-bond acceptors (Lipinski definition) is 7. The van der Waals surface area contributed by atoms with Crippen LogP contribution < -0.4 is 23.8 Å². The lowest BCUT2D eigenvalue weighted by atomic mass is 10.1. The molecule has 0 saturated heterocycles. The summed E-state index contributed by atoms with van der Waals surface area (Å²) in [6.07, 6.45) is 0. The number of fused-ring (bicyclic) bond motifs is 1. The smallest absolute Gasteiger partial charge is 0.264 e. The quantitative estimate of drug-likeness (QED) is 0.357. The van der Waals surface area contributed by atoms with Crippen LogP contribution in [0.2, 0.25) is 0 Å². The maximum Gasteiger partial charge on any atom is 0.264 e. The maximum atomic E-state index is 14.0. The first-order valence-electron chi connectivity index (χ1n) is 13.4. The van der Waals surface area contributed by atoms with E-state index in [0.29, 0.717) is 23.7 Å². The number of rotatable bonds is 11. The molecular weight excluding hydrogens is 565 g/mol. The second-order valence-corrected chi connectivity index (χ2v) is 11.9. The van der Waals surface area contributed by atoms with Gasteiger partial charge in [-0.1, -0.05) is 12.1 Å². The van der Waals surface area contributed by atoms with Gasteiger partial charge in [-0.3, -0.25) is 13.9 Å². The number of anilines is 1. The van der Waals surface area contributed by atoms with Crippen LogP contribution in [-0.4, -0.2) is 64.1 Å². The number of sulfonamides is 1. The number of ether oxygens (including phenoxy) is 3. The third-order valence-corrected chi connectivity index (χ3v) is 8.38. The van der Waals surface area contributed by atoms with Crippen LogP contribution in [0.25, 0.3) is 0 Å². The molecule has 12 heteroatoms. The van der Waals surface area contributed by atoms with Crippen molar-refractivity contribution >= 4 is 27.5 Å². The predicted octanol–water partition coefficient (Wildman–Crippen LogP) is 3.74. The predicted molar refractivity (Wildman–Crippen MR) is 155 cm³/mol. The second kappa shape index (κ2) is 13.1. The molecule has 10 nitrogen and oxygen atoms in total. The fraction of sp³-hybridized carbons (Fsp3) is 0.333. The zero-order chi connectivity index (χ0) is 30.4. The van der Waals surface area contributed by atoms with Gasteiger partial charge in [-0.25, -0.2) is 12.8 Å². The number of nitrogens with zero attached hydrogens (tertiary/aromatic N) is 2. The molecule has 42 heavy (non-hydrogen) atoms. The summed E-state index contributed by atoms with van der Waals surface area (Å²) in [7, 11) is -2.83. The molecule has 0 spiro atoms. The van der Waals surface area contributed by atoms with E-state index in [0.717, 1.165) is 16.4 Å². The van der Waals surface area contributed by atoms with Gasteiger partial charge >= 0.3 is 0 Å². The van der Waals surface area contributed by atoms with Gasteiger partial charge < -0.3 is 24.4 Å². The molecule has 0 aromatic heterocycles. The summed E-state index contributed by atoms with van der Waals surface area (Å²) in [6.45, 7) is 5.15. The van der Waals surface area contributed by atoms with Crippen molar-refractivity contribution in [2.24, 2.45) is 0 Å². The highest BCUT2D eigenvalue weighted by molar-refractivity contribution is 7.92. The number of carbonyl (C=O) groups is 2. The normalized spacial score (nSPS) is 13.3. The molecule has 1 heterocycles. The van der Waals surface area contributed by atoms with Crippen molar-refractivity contribution in [1.82, 2.24) is 10.2 Å². The average Bonchev–Trinajstić information content (AvgIpc) is 2.98. The number of hydrogen-bond donors (Lipinski definition) is 1. The van der Waals surface area contributed by atoms with Crippen LogP contribution >= 0.6 is 0 Å². The molecular formula is C30H34FN3O7S. The summed E-state index contributed by atoms with van der Waals surface area (Å²) >= 11 is 0. The first kappa shape index (κ1) is 30.6. The molecule has 0 fully saturated rings. The second-order valence-electron chi connectivity index (χ2n) is 10.0. The van der Waals surface area contributed by atoms with E-state index < -0.39 is 40.2 Å². The SMILES string of the molecule is COc1ccc(CN(C(=O)CN(c2ccc(F)cc2)S(=O)(=O)c2ccc3c(c2)OCCO3)[C@H](C)C(=O)NC(C)C)cc1. The average molecular weight is 600 g/mol. The Kier molecular flexibility index (Phi) is 9.56. The van der Waals surface area contributed by atoms with Crippen molar-refractivity contribution in [2.75, 3.05) is 31.2 Å². The number of methoxy groups -OCH3 is 1. The first-order chi connectivity index (χ1) is 20.0. The highest BCUT2D eigenvalue weighted by Gasteiger charge is 2.33. The van der Waals surface area contributed by atoms with Gasteiger partial charge in [0, 0.05) is 18.7 Å². The monoisotopic (exact) mass is 599 g/mol. The van der Waals surface area contributed by atoms with E-state index in [1.54, 1.807) is 45.0 Å². The molecule has 0 bridgehead atoms. The molecule has 3 aromatic rings. The van der Waals surface area contributed by atoms with Crippen molar-refractivity contribution in [3.05, 3.63) is 78.1 Å². The highest BCUT2D eigenvalue weighted by Crippen LogP contribution is 2.34. The molecule has 1 N–H and O–H groups in total. The minimum absolute atomic E-state index is 0.0246. The van der Waals surface area contributed by atoms with Crippen LogP contribution in [0.3, 0.4) is 0 Å². The summed E-state index contributed by atoms with van der Waals surface area (Å²) in [5.74, 6) is -0.317. The van der Waals surface area contributed by atoms with Crippen molar-refractivity contribution in [2.45, 2.75) is 44.3 Å². The van der Waals surface area contributed by atoms with Gasteiger partial charge in [-0.2, -0.15) is 0 Å². The fourth-order valence-electron chi connectivity index (χ4n) is 4.36. The lowest BCUT2D eigenvalue weighted by Crippen LogP contribution is -2.52. The Hall–Kier alpha value is -4.32. The highest BCUT2D eigenvalue weighted by atomic mass is 32.2. The lowest BCUT2D eigenvalue weighted by Gasteiger charge is -2.32. The Morgan fingerprint density at radius 2 is 1.60 bits per heavy atom. The summed E-state index contributed by atoms with van der Waals surface area (Å²) in [5.41, 5.74) is 0.777. The summed E-state index contributed by atoms with van der Waals surface area (Å²) in [6, 6.07) is 14.8. The standard InChI is InChI=1S/C30H34FN3O7S/c1-20(2)32-30(36)21(3)33(18-22-5-11-25(39-4)12-6-22)29(35)19-34(24-9-7-23(31)8-10-24)42(37,38)26-13-14-27-28(17-26)41-16-15-40-27/h5-14,17,20-21H,15-16,18-19H2,1-4H3,(H,32,36)/t21-/m1/s1. The van der Waals surface area contributed by atoms with E-state index in [4.69, 9.17) is 14.2 Å². The van der Waals surface area contributed by atoms with Gasteiger partial charge in [0.2, 0.25) is 11.8 Å². The molecule has 1 aliphatic heterocycles. The van der Waals surface area contributed by atoms with Crippen molar-refractivity contribution in [1.29, 1.82) is 0 Å². The third-order valence-electron chi connectivity index (χ3n) is 6.61. The largest absolute Gasteiger partial charge is 0.497 e. The van der Waals surface area contributed by atoms with Gasteiger partial charge in [0.25, 0.3) is 10.0 Å². The molecule has 0 radical (unpaired) electrons. The number of halogens is 1. The molecule has 0 unspecified atom stereocenters. The Morgan fingerprint density at radius 3 is 2.21 bits per heavy atom. The summed E-state index contributed by atoms with van der Waals surface area (Å²) < 4.78 is 59.0. The zero-order valence-corrected chi connectivity index (χ0v) is 24.7. The minimum Gasteiger partial charge on any atom is -0.497 e. The Balaban J connectivity index is 1.71. The summed E-state index contributed by atoms with van der Waals surface area (Å²) in [5, 5.41) is 2.81. The van der Waals surface area contributed by atoms with Crippen molar-refractivity contribution in [3.8, 4) is 17.2 Å². The van der Waals surface area contributed by atoms with Crippen LogP contribution in [0.1, 0.15) is 26.3 Å². The molecule has 3 aromatic carbocycles. The van der Waals surface area contributed by atoms with E-state index in [1.807, 2.05) is 0 Å². The topological polar surface area (TPSA) is 114 Å². The van der Waals surface area contributed by atoms with Crippen molar-refractivity contribution in [3.63, 3.8) is 0 Å². The van der Waals surface area contributed by atoms with E-state index in [2.05, 4.69) is 5.32 Å². The number of amides is 2. The van der Waals surface area contributed by atoms with Crippen LogP contribution in [0.4, 0.5) is 10.1 Å². The lowest BCUT2D eigenvalue weighted by molar-refractivity contribution is -0.139. The molecule has 224 valence electrons. The van der Waals surface area contributed by atoms with Gasteiger partial charge in [-0.05, 0) is 74.9 Å². The van der Waals surface area contributed by atoms with E-state index in [-0.39, 0.29) is 35.5 Å². The Labute approximate surface area is 245 Å². The van der Waals surface area contributed by atoms with E-state index in [1.165, 1.54) is 42.3 Å². The van der Waals surface area contributed by atoms with Crippen LogP contribution in [0, 0.1) is 5.82 Å². The molecule has 0 aliphatic carbocycles. The Bertz CT molecular complexity index is 1510. The molecule has 1 aliphatic rings. The van der Waals surface area contributed by atoms with E-state index in [9.17, 15) is 22.4 Å². The minimum atomic E-state index is -4.37. The van der Waals surface area contributed by atoms with Gasteiger partial charge in [-0.15, -0.1) is 0 Å². The maximum absolute atomic E-state index is 14.0. The zero-order valence-electron chi connectivity index (χ0n) is 23.9.